The van der Waals surface area contributed by atoms with Gasteiger partial charge in [0, 0.05) is 15.8 Å². The molecule has 8 heteroatoms. The summed E-state index contributed by atoms with van der Waals surface area (Å²) in [6.07, 6.45) is 0. The van der Waals surface area contributed by atoms with Gasteiger partial charge in [-0.25, -0.2) is 9.59 Å². The first-order valence-corrected chi connectivity index (χ1v) is 9.33. The van der Waals surface area contributed by atoms with Crippen LogP contribution in [0.1, 0.15) is 16.6 Å². The number of anilines is 2. The van der Waals surface area contributed by atoms with E-state index in [0.29, 0.717) is 33.6 Å². The maximum Gasteiger partial charge on any atom is 0.351 e. The van der Waals surface area contributed by atoms with Crippen molar-refractivity contribution in [2.24, 2.45) is 0 Å². The second kappa shape index (κ2) is 8.28. The molecule has 0 saturated carbocycles. The van der Waals surface area contributed by atoms with Crippen LogP contribution in [-0.4, -0.2) is 25.7 Å². The van der Waals surface area contributed by atoms with Crippen LogP contribution < -0.4 is 15.4 Å². The van der Waals surface area contributed by atoms with Gasteiger partial charge in [-0.1, -0.05) is 23.7 Å². The first-order chi connectivity index (χ1) is 13.0. The number of para-hydroxylation sites is 1. The Morgan fingerprint density at radius 1 is 1.15 bits per heavy atom. The molecular formula is C19H17ClN2O4S. The van der Waals surface area contributed by atoms with Gasteiger partial charge < -0.3 is 20.1 Å². The molecule has 140 valence electrons. The van der Waals surface area contributed by atoms with Crippen LogP contribution >= 0.6 is 22.9 Å². The number of halogens is 1. The average Bonchev–Trinajstić information content (AvgIpc) is 3.01. The van der Waals surface area contributed by atoms with Crippen molar-refractivity contribution in [3.8, 4) is 5.75 Å². The van der Waals surface area contributed by atoms with Crippen LogP contribution in [0.3, 0.4) is 0 Å². The Morgan fingerprint density at radius 2 is 1.93 bits per heavy atom. The third-order valence-corrected chi connectivity index (χ3v) is 5.14. The number of ether oxygens (including phenoxy) is 2. The van der Waals surface area contributed by atoms with E-state index >= 15 is 0 Å². The Labute approximate surface area is 165 Å². The number of hydrogen-bond donors (Lipinski definition) is 2. The summed E-state index contributed by atoms with van der Waals surface area (Å²) < 4.78 is 11.3. The van der Waals surface area contributed by atoms with Gasteiger partial charge in [0.1, 0.15) is 0 Å². The number of benzene rings is 2. The number of urea groups is 1. The lowest BCUT2D eigenvalue weighted by atomic mass is 10.2. The SMILES string of the molecule is CCOc1c(C(=O)OC)sc2ccc(NC(=O)Nc3ccccc3Cl)cc12. The lowest BCUT2D eigenvalue weighted by Crippen LogP contribution is -2.19. The van der Waals surface area contributed by atoms with E-state index in [0.717, 1.165) is 10.1 Å². The molecule has 0 bridgehead atoms. The fourth-order valence-corrected chi connectivity index (χ4v) is 3.74. The van der Waals surface area contributed by atoms with Gasteiger partial charge in [-0.3, -0.25) is 0 Å². The van der Waals surface area contributed by atoms with Crippen LogP contribution in [0.4, 0.5) is 16.2 Å². The van der Waals surface area contributed by atoms with E-state index in [2.05, 4.69) is 10.6 Å². The molecule has 1 aromatic heterocycles. The number of carbonyl (C=O) groups is 2. The zero-order valence-corrected chi connectivity index (χ0v) is 16.2. The number of fused-ring (bicyclic) bond motifs is 1. The minimum absolute atomic E-state index is 0.395. The second-order valence-corrected chi connectivity index (χ2v) is 6.91. The number of carbonyl (C=O) groups excluding carboxylic acids is 2. The van der Waals surface area contributed by atoms with Gasteiger partial charge in [0.2, 0.25) is 0 Å². The van der Waals surface area contributed by atoms with Crippen molar-refractivity contribution in [3.05, 3.63) is 52.4 Å². The molecule has 2 aromatic carbocycles. The molecule has 0 aliphatic rings. The molecule has 0 atom stereocenters. The summed E-state index contributed by atoms with van der Waals surface area (Å²) in [5, 5.41) is 6.63. The first-order valence-electron chi connectivity index (χ1n) is 8.13. The number of amides is 2. The highest BCUT2D eigenvalue weighted by molar-refractivity contribution is 7.21. The predicted octanol–water partition coefficient (Wildman–Crippen LogP) is 5.38. The quantitative estimate of drug-likeness (QED) is 0.559. The number of esters is 1. The van der Waals surface area contributed by atoms with Gasteiger partial charge in [-0.15, -0.1) is 11.3 Å². The molecular weight excluding hydrogens is 388 g/mol. The summed E-state index contributed by atoms with van der Waals surface area (Å²) in [6, 6.07) is 11.9. The Kier molecular flexibility index (Phi) is 5.83. The van der Waals surface area contributed by atoms with Gasteiger partial charge in [-0.05, 0) is 37.3 Å². The summed E-state index contributed by atoms with van der Waals surface area (Å²) in [5.41, 5.74) is 1.07. The molecule has 0 radical (unpaired) electrons. The summed E-state index contributed by atoms with van der Waals surface area (Å²) >= 11 is 7.33. The maximum absolute atomic E-state index is 12.3. The van der Waals surface area contributed by atoms with Crippen molar-refractivity contribution in [2.75, 3.05) is 24.4 Å². The van der Waals surface area contributed by atoms with E-state index in [9.17, 15) is 9.59 Å². The highest BCUT2D eigenvalue weighted by Gasteiger charge is 2.21. The molecule has 0 saturated heterocycles. The van der Waals surface area contributed by atoms with E-state index in [1.54, 1.807) is 36.4 Å². The van der Waals surface area contributed by atoms with E-state index in [1.165, 1.54) is 18.4 Å². The molecule has 3 rings (SSSR count). The molecule has 27 heavy (non-hydrogen) atoms. The predicted molar refractivity (Wildman–Crippen MR) is 108 cm³/mol. The van der Waals surface area contributed by atoms with Gasteiger partial charge in [-0.2, -0.15) is 0 Å². The number of rotatable bonds is 5. The van der Waals surface area contributed by atoms with Crippen LogP contribution in [0.2, 0.25) is 5.02 Å². The zero-order valence-electron chi connectivity index (χ0n) is 14.7. The lowest BCUT2D eigenvalue weighted by molar-refractivity contribution is 0.0602. The van der Waals surface area contributed by atoms with Crippen LogP contribution in [0, 0.1) is 0 Å². The van der Waals surface area contributed by atoms with E-state index in [-0.39, 0.29) is 0 Å². The third kappa shape index (κ3) is 4.15. The minimum Gasteiger partial charge on any atom is -0.491 e. The van der Waals surface area contributed by atoms with Crippen molar-refractivity contribution in [2.45, 2.75) is 6.92 Å². The number of methoxy groups -OCH3 is 1. The van der Waals surface area contributed by atoms with Crippen molar-refractivity contribution in [3.63, 3.8) is 0 Å². The van der Waals surface area contributed by atoms with E-state index in [1.807, 2.05) is 13.0 Å². The summed E-state index contributed by atoms with van der Waals surface area (Å²) in [7, 11) is 1.33. The maximum atomic E-state index is 12.3. The fourth-order valence-electron chi connectivity index (χ4n) is 2.51. The Morgan fingerprint density at radius 3 is 2.63 bits per heavy atom. The topological polar surface area (TPSA) is 76.7 Å². The van der Waals surface area contributed by atoms with Crippen molar-refractivity contribution in [1.29, 1.82) is 0 Å². The molecule has 1 heterocycles. The molecule has 0 aliphatic carbocycles. The second-order valence-electron chi connectivity index (χ2n) is 5.45. The molecule has 0 fully saturated rings. The number of hydrogen-bond acceptors (Lipinski definition) is 5. The van der Waals surface area contributed by atoms with E-state index in [4.69, 9.17) is 21.1 Å². The smallest absolute Gasteiger partial charge is 0.351 e. The van der Waals surface area contributed by atoms with Crippen molar-refractivity contribution in [1.82, 2.24) is 0 Å². The first kappa shape index (κ1) is 19.0. The summed E-state index contributed by atoms with van der Waals surface area (Å²) in [4.78, 5) is 24.6. The van der Waals surface area contributed by atoms with Gasteiger partial charge in [0.05, 0.1) is 24.4 Å². The minimum atomic E-state index is -0.453. The summed E-state index contributed by atoms with van der Waals surface area (Å²) in [5.74, 6) is 0.00475. The monoisotopic (exact) mass is 404 g/mol. The molecule has 0 unspecified atom stereocenters. The van der Waals surface area contributed by atoms with Gasteiger partial charge in [0.25, 0.3) is 0 Å². The van der Waals surface area contributed by atoms with Crippen LogP contribution in [0.15, 0.2) is 42.5 Å². The van der Waals surface area contributed by atoms with Crippen molar-refractivity contribution >= 4 is 56.4 Å². The third-order valence-electron chi connectivity index (χ3n) is 3.68. The molecule has 2 N–H and O–H groups in total. The Hall–Kier alpha value is -2.77. The van der Waals surface area contributed by atoms with Crippen LogP contribution in [0.25, 0.3) is 10.1 Å². The summed E-state index contributed by atoms with van der Waals surface area (Å²) in [6.45, 7) is 2.24. The van der Waals surface area contributed by atoms with Gasteiger partial charge >= 0.3 is 12.0 Å². The van der Waals surface area contributed by atoms with Gasteiger partial charge in [0.15, 0.2) is 10.6 Å². The standard InChI is InChI=1S/C19H17ClN2O4S/c1-3-26-16-12-10-11(8-9-15(12)27-17(16)18(23)25-2)21-19(24)22-14-7-5-4-6-13(14)20/h4-10H,3H2,1-2H3,(H2,21,22,24). The molecule has 3 aromatic rings. The van der Waals surface area contributed by atoms with E-state index < -0.39 is 12.0 Å². The number of nitrogens with one attached hydrogen (secondary N) is 2. The van der Waals surface area contributed by atoms with Crippen LogP contribution in [-0.2, 0) is 4.74 Å². The Bertz CT molecular complexity index is 1000. The highest BCUT2D eigenvalue weighted by atomic mass is 35.5. The average molecular weight is 405 g/mol. The molecule has 2 amide bonds. The molecule has 0 spiro atoms. The zero-order chi connectivity index (χ0) is 19.4. The largest absolute Gasteiger partial charge is 0.491 e. The lowest BCUT2D eigenvalue weighted by Gasteiger charge is -2.09. The highest BCUT2D eigenvalue weighted by Crippen LogP contribution is 2.39. The molecule has 0 aliphatic heterocycles. The number of thiophene rings is 1. The normalized spacial score (nSPS) is 10.5. The van der Waals surface area contributed by atoms with Crippen molar-refractivity contribution < 1.29 is 19.1 Å². The fraction of sp³-hybridized carbons (Fsp3) is 0.158. The van der Waals surface area contributed by atoms with Crippen LogP contribution in [0.5, 0.6) is 5.75 Å². The Balaban J connectivity index is 1.87. The molecule has 6 nitrogen and oxygen atoms in total.